The molecule has 1 heterocycles. The van der Waals surface area contributed by atoms with Crippen LogP contribution in [0.25, 0.3) is 0 Å². The van der Waals surface area contributed by atoms with Crippen LogP contribution in [0, 0.1) is 6.92 Å². The minimum absolute atomic E-state index is 0.285. The molecule has 2 unspecified atom stereocenters. The van der Waals surface area contributed by atoms with Crippen LogP contribution in [0.2, 0.25) is 0 Å². The van der Waals surface area contributed by atoms with Gasteiger partial charge in [-0.3, -0.25) is 14.3 Å². The van der Waals surface area contributed by atoms with Crippen molar-refractivity contribution in [3.8, 4) is 0 Å². The van der Waals surface area contributed by atoms with Crippen molar-refractivity contribution in [3.05, 3.63) is 53.3 Å². The van der Waals surface area contributed by atoms with E-state index in [1.54, 1.807) is 20.0 Å². The van der Waals surface area contributed by atoms with E-state index in [1.165, 1.54) is 4.68 Å². The molecule has 0 aliphatic rings. The maximum absolute atomic E-state index is 12.4. The Morgan fingerprint density at radius 2 is 2.00 bits per heavy atom. The number of rotatable bonds is 6. The highest BCUT2D eigenvalue weighted by Gasteiger charge is 2.27. The summed E-state index contributed by atoms with van der Waals surface area (Å²) in [4.78, 5) is 23.7. The third-order valence-electron chi connectivity index (χ3n) is 3.52. The minimum Gasteiger partial charge on any atom is -0.381 e. The molecule has 1 aromatic carbocycles. The van der Waals surface area contributed by atoms with E-state index in [-0.39, 0.29) is 6.42 Å². The molecule has 2 amide bonds. The molecule has 2 aromatic rings. The summed E-state index contributed by atoms with van der Waals surface area (Å²) < 4.78 is 1.45. The summed E-state index contributed by atoms with van der Waals surface area (Å²) in [6, 6.07) is 10.1. The maximum atomic E-state index is 12.4. The van der Waals surface area contributed by atoms with Gasteiger partial charge in [0.05, 0.1) is 11.7 Å². The first kappa shape index (κ1) is 16.7. The van der Waals surface area contributed by atoms with E-state index in [4.69, 9.17) is 5.73 Å². The lowest BCUT2D eigenvalue weighted by atomic mass is 10.0. The molecule has 0 fully saturated rings. The van der Waals surface area contributed by atoms with Gasteiger partial charge >= 0.3 is 0 Å². The van der Waals surface area contributed by atoms with Crippen LogP contribution >= 0.6 is 0 Å². The monoisotopic (exact) mass is 316 g/mol. The second-order valence-electron chi connectivity index (χ2n) is 5.41. The first-order valence-corrected chi connectivity index (χ1v) is 7.21. The van der Waals surface area contributed by atoms with E-state index in [0.29, 0.717) is 11.4 Å². The molecule has 7 heteroatoms. The van der Waals surface area contributed by atoms with Gasteiger partial charge < -0.3 is 16.2 Å². The smallest absolute Gasteiger partial charge is 0.269 e. The Labute approximate surface area is 134 Å². The largest absolute Gasteiger partial charge is 0.381 e. The fraction of sp³-hybridized carbons (Fsp3) is 0.312. The Kier molecular flexibility index (Phi) is 5.13. The van der Waals surface area contributed by atoms with Crippen molar-refractivity contribution in [2.75, 3.05) is 0 Å². The van der Waals surface area contributed by atoms with Crippen LogP contribution in [0.5, 0.6) is 0 Å². The summed E-state index contributed by atoms with van der Waals surface area (Å²) >= 11 is 0. The third kappa shape index (κ3) is 4.17. The molecule has 0 aliphatic carbocycles. The normalized spacial score (nSPS) is 13.3. The van der Waals surface area contributed by atoms with Gasteiger partial charge in [-0.1, -0.05) is 30.3 Å². The number of aliphatic hydroxyl groups excluding tert-OH is 1. The fourth-order valence-electron chi connectivity index (χ4n) is 2.37. The van der Waals surface area contributed by atoms with Crippen LogP contribution in [0.1, 0.15) is 21.7 Å². The molecule has 0 bridgehead atoms. The highest BCUT2D eigenvalue weighted by atomic mass is 16.3. The molecule has 2 atom stereocenters. The van der Waals surface area contributed by atoms with Crippen LogP contribution in [0.15, 0.2) is 36.4 Å². The van der Waals surface area contributed by atoms with E-state index >= 15 is 0 Å². The first-order valence-electron chi connectivity index (χ1n) is 7.21. The SMILES string of the molecule is Cc1cc(C(=O)NC(Cc2ccccc2)C(O)C(N)=O)n(C)n1. The van der Waals surface area contributed by atoms with Crippen LogP contribution in [0.3, 0.4) is 0 Å². The number of carbonyl (C=O) groups excluding carboxylic acids is 2. The number of hydrogen-bond acceptors (Lipinski definition) is 4. The number of hydrogen-bond donors (Lipinski definition) is 3. The number of aryl methyl sites for hydroxylation is 2. The van der Waals surface area contributed by atoms with Gasteiger partial charge in [-0.15, -0.1) is 0 Å². The van der Waals surface area contributed by atoms with E-state index in [2.05, 4.69) is 10.4 Å². The second-order valence-corrected chi connectivity index (χ2v) is 5.41. The molecule has 122 valence electrons. The summed E-state index contributed by atoms with van der Waals surface area (Å²) in [5.41, 5.74) is 7.10. The molecule has 0 saturated heterocycles. The lowest BCUT2D eigenvalue weighted by Crippen LogP contribution is -2.50. The topological polar surface area (TPSA) is 110 Å². The average molecular weight is 316 g/mol. The Hall–Kier alpha value is -2.67. The number of carbonyl (C=O) groups is 2. The summed E-state index contributed by atoms with van der Waals surface area (Å²) in [6.07, 6.45) is -1.19. The van der Waals surface area contributed by atoms with Gasteiger partial charge in [-0.25, -0.2) is 0 Å². The number of nitrogens with zero attached hydrogens (tertiary/aromatic N) is 2. The molecule has 0 aliphatic heterocycles. The lowest BCUT2D eigenvalue weighted by molar-refractivity contribution is -0.127. The van der Waals surface area contributed by atoms with Crippen LogP contribution < -0.4 is 11.1 Å². The van der Waals surface area contributed by atoms with Crippen LogP contribution in [-0.4, -0.2) is 38.8 Å². The average Bonchev–Trinajstić information content (AvgIpc) is 2.85. The zero-order valence-corrected chi connectivity index (χ0v) is 13.1. The molecular weight excluding hydrogens is 296 g/mol. The van der Waals surface area contributed by atoms with Gasteiger partial charge in [-0.2, -0.15) is 5.10 Å². The van der Waals surface area contributed by atoms with Gasteiger partial charge in [0.25, 0.3) is 5.91 Å². The van der Waals surface area contributed by atoms with Gasteiger partial charge in [0.2, 0.25) is 5.91 Å². The highest BCUT2D eigenvalue weighted by Crippen LogP contribution is 2.09. The number of primary amides is 1. The Bertz CT molecular complexity index is 697. The first-order chi connectivity index (χ1) is 10.9. The number of nitrogens with two attached hydrogens (primary N) is 1. The Morgan fingerprint density at radius 3 is 2.52 bits per heavy atom. The molecule has 1 aromatic heterocycles. The predicted molar refractivity (Wildman–Crippen MR) is 84.5 cm³/mol. The molecule has 7 nitrogen and oxygen atoms in total. The molecule has 0 saturated carbocycles. The van der Waals surface area contributed by atoms with Gasteiger partial charge in [-0.05, 0) is 25.0 Å². The Morgan fingerprint density at radius 1 is 1.35 bits per heavy atom. The van der Waals surface area contributed by atoms with Crippen molar-refractivity contribution in [3.63, 3.8) is 0 Å². The zero-order valence-electron chi connectivity index (χ0n) is 13.1. The molecule has 4 N–H and O–H groups in total. The molecule has 0 radical (unpaired) electrons. The second kappa shape index (κ2) is 7.06. The van der Waals surface area contributed by atoms with Crippen molar-refractivity contribution in [1.29, 1.82) is 0 Å². The standard InChI is InChI=1S/C16H20N4O3/c1-10-8-13(20(2)19-10)16(23)18-12(14(21)15(17)22)9-11-6-4-3-5-7-11/h3-8,12,14,21H,9H2,1-2H3,(H2,17,22)(H,18,23). The molecule has 2 rings (SSSR count). The van der Waals surface area contributed by atoms with Crippen molar-refractivity contribution >= 4 is 11.8 Å². The lowest BCUT2D eigenvalue weighted by Gasteiger charge is -2.22. The summed E-state index contributed by atoms with van der Waals surface area (Å²) in [5, 5.41) is 16.8. The Balaban J connectivity index is 2.18. The van der Waals surface area contributed by atoms with Crippen molar-refractivity contribution in [2.24, 2.45) is 12.8 Å². The number of benzene rings is 1. The maximum Gasteiger partial charge on any atom is 0.269 e. The molecular formula is C16H20N4O3. The van der Waals surface area contributed by atoms with Crippen molar-refractivity contribution < 1.29 is 14.7 Å². The van der Waals surface area contributed by atoms with Crippen LogP contribution in [0.4, 0.5) is 0 Å². The van der Waals surface area contributed by atoms with E-state index in [1.807, 2.05) is 30.3 Å². The molecule has 0 spiro atoms. The third-order valence-corrected chi connectivity index (χ3v) is 3.52. The van der Waals surface area contributed by atoms with Gasteiger partial charge in [0, 0.05) is 7.05 Å². The fourth-order valence-corrected chi connectivity index (χ4v) is 2.37. The number of aromatic nitrogens is 2. The number of nitrogens with one attached hydrogen (secondary N) is 1. The number of amides is 2. The van der Waals surface area contributed by atoms with E-state index < -0.39 is 24.0 Å². The highest BCUT2D eigenvalue weighted by molar-refractivity contribution is 5.93. The van der Waals surface area contributed by atoms with Crippen LogP contribution in [-0.2, 0) is 18.3 Å². The number of aliphatic hydroxyl groups is 1. The minimum atomic E-state index is -1.48. The summed E-state index contributed by atoms with van der Waals surface area (Å²) in [6.45, 7) is 1.77. The van der Waals surface area contributed by atoms with E-state index in [9.17, 15) is 14.7 Å². The summed E-state index contributed by atoms with van der Waals surface area (Å²) in [7, 11) is 1.65. The summed E-state index contributed by atoms with van der Waals surface area (Å²) in [5.74, 6) is -1.30. The van der Waals surface area contributed by atoms with E-state index in [0.717, 1.165) is 5.56 Å². The van der Waals surface area contributed by atoms with Gasteiger partial charge in [0.1, 0.15) is 5.69 Å². The predicted octanol–water partition coefficient (Wildman–Crippen LogP) is -0.0842. The molecule has 23 heavy (non-hydrogen) atoms. The van der Waals surface area contributed by atoms with Crippen molar-refractivity contribution in [2.45, 2.75) is 25.5 Å². The quantitative estimate of drug-likeness (QED) is 0.692. The van der Waals surface area contributed by atoms with Crippen molar-refractivity contribution in [1.82, 2.24) is 15.1 Å². The van der Waals surface area contributed by atoms with Gasteiger partial charge in [0.15, 0.2) is 6.10 Å². The zero-order chi connectivity index (χ0) is 17.0.